The number of methoxy groups -OCH3 is 2. The van der Waals surface area contributed by atoms with Crippen LogP contribution in [-0.2, 0) is 14.3 Å². The van der Waals surface area contributed by atoms with E-state index in [1.807, 2.05) is 19.1 Å². The van der Waals surface area contributed by atoms with Crippen LogP contribution in [0.25, 0.3) is 17.4 Å². The molecule has 0 amide bonds. The fraction of sp³-hybridized carbons (Fsp3) is 0.294. The van der Waals surface area contributed by atoms with Crippen molar-refractivity contribution in [2.24, 2.45) is 4.99 Å². The monoisotopic (exact) mass is 630 g/mol. The normalized spacial score (nSPS) is 14.7. The summed E-state index contributed by atoms with van der Waals surface area (Å²) < 4.78 is 29.6. The van der Waals surface area contributed by atoms with Crippen LogP contribution in [0.2, 0.25) is 0 Å². The first kappa shape index (κ1) is 31.5. The average Bonchev–Trinajstić information content (AvgIpc) is 3.59. The van der Waals surface area contributed by atoms with Crippen LogP contribution in [0.15, 0.2) is 74.0 Å². The second-order valence-electron chi connectivity index (χ2n) is 10.6. The summed E-state index contributed by atoms with van der Waals surface area (Å²) in [5, 5.41) is 0. The molecule has 10 nitrogen and oxygen atoms in total. The number of rotatable bonds is 9. The second kappa shape index (κ2) is 13.0. The van der Waals surface area contributed by atoms with Crippen molar-refractivity contribution in [3.05, 3.63) is 102 Å². The van der Waals surface area contributed by atoms with E-state index in [2.05, 4.69) is 4.99 Å². The Kier molecular flexibility index (Phi) is 9.10. The molecule has 11 heteroatoms. The lowest BCUT2D eigenvalue weighted by molar-refractivity contribution is -0.139. The first-order chi connectivity index (χ1) is 21.6. The van der Waals surface area contributed by atoms with E-state index < -0.39 is 12.0 Å². The Morgan fingerprint density at radius 2 is 1.78 bits per heavy atom. The van der Waals surface area contributed by atoms with Gasteiger partial charge in [0.05, 0.1) is 54.3 Å². The van der Waals surface area contributed by atoms with Crippen LogP contribution in [0.3, 0.4) is 0 Å². The van der Waals surface area contributed by atoms with Gasteiger partial charge in [0.25, 0.3) is 5.56 Å². The number of hydrogen-bond acceptors (Lipinski definition) is 10. The lowest BCUT2D eigenvalue weighted by Crippen LogP contribution is -2.39. The van der Waals surface area contributed by atoms with Gasteiger partial charge in [0.1, 0.15) is 11.5 Å². The van der Waals surface area contributed by atoms with Crippen LogP contribution in [-0.4, -0.2) is 43.4 Å². The van der Waals surface area contributed by atoms with Gasteiger partial charge in [-0.15, -0.1) is 0 Å². The minimum absolute atomic E-state index is 0.170. The summed E-state index contributed by atoms with van der Waals surface area (Å²) in [6.45, 7) is 9.12. The van der Waals surface area contributed by atoms with Gasteiger partial charge >= 0.3 is 11.9 Å². The summed E-state index contributed by atoms with van der Waals surface area (Å²) in [4.78, 5) is 44.6. The Balaban J connectivity index is 1.57. The third-order valence-electron chi connectivity index (χ3n) is 7.21. The highest BCUT2D eigenvalue weighted by atomic mass is 32.1. The van der Waals surface area contributed by atoms with Gasteiger partial charge in [0.2, 0.25) is 0 Å². The molecule has 1 aliphatic heterocycles. The van der Waals surface area contributed by atoms with Crippen molar-refractivity contribution >= 4 is 29.4 Å². The molecule has 0 radical (unpaired) electrons. The van der Waals surface area contributed by atoms with E-state index in [4.69, 9.17) is 23.4 Å². The summed E-state index contributed by atoms with van der Waals surface area (Å²) in [6.07, 6.45) is 1.44. The molecular weight excluding hydrogens is 596 g/mol. The van der Waals surface area contributed by atoms with Gasteiger partial charge in [-0.25, -0.2) is 14.6 Å². The number of hydrogen-bond donors (Lipinski definition) is 0. The fourth-order valence-electron chi connectivity index (χ4n) is 5.18. The predicted octanol–water partition coefficient (Wildman–Crippen LogP) is 4.95. The molecule has 0 bridgehead atoms. The van der Waals surface area contributed by atoms with Gasteiger partial charge in [0, 0.05) is 11.6 Å². The van der Waals surface area contributed by atoms with Crippen LogP contribution in [0.4, 0.5) is 0 Å². The van der Waals surface area contributed by atoms with Crippen LogP contribution in [0, 0.1) is 6.92 Å². The van der Waals surface area contributed by atoms with Crippen molar-refractivity contribution in [2.45, 2.75) is 46.8 Å². The number of nitrogens with zero attached hydrogens (tertiary/aromatic N) is 2. The van der Waals surface area contributed by atoms with Gasteiger partial charge in [-0.05, 0) is 82.1 Å². The minimum Gasteiger partial charge on any atom is -0.493 e. The highest BCUT2D eigenvalue weighted by Crippen LogP contribution is 2.36. The lowest BCUT2D eigenvalue weighted by atomic mass is 9.95. The Morgan fingerprint density at radius 3 is 2.44 bits per heavy atom. The van der Waals surface area contributed by atoms with E-state index in [9.17, 15) is 14.4 Å². The summed E-state index contributed by atoms with van der Waals surface area (Å²) in [5.74, 6) is 1.07. The maximum Gasteiger partial charge on any atom is 0.338 e. The molecule has 234 valence electrons. The topological polar surface area (TPSA) is 119 Å². The second-order valence-corrected chi connectivity index (χ2v) is 11.6. The molecule has 0 spiro atoms. The van der Waals surface area contributed by atoms with Gasteiger partial charge in [-0.3, -0.25) is 9.36 Å². The van der Waals surface area contributed by atoms with E-state index in [0.29, 0.717) is 49.2 Å². The van der Waals surface area contributed by atoms with Crippen molar-refractivity contribution in [1.29, 1.82) is 0 Å². The van der Waals surface area contributed by atoms with Crippen LogP contribution >= 0.6 is 11.3 Å². The zero-order valence-corrected chi connectivity index (χ0v) is 26.9. The molecule has 0 aliphatic carbocycles. The molecule has 0 N–H and O–H groups in total. The molecule has 0 saturated heterocycles. The number of allylic oxidation sites excluding steroid dienone is 1. The maximum atomic E-state index is 14.0. The number of esters is 2. The Morgan fingerprint density at radius 1 is 1.02 bits per heavy atom. The quantitative estimate of drug-likeness (QED) is 0.239. The maximum absolute atomic E-state index is 14.0. The van der Waals surface area contributed by atoms with Crippen molar-refractivity contribution in [3.63, 3.8) is 0 Å². The molecule has 3 heterocycles. The SMILES string of the molecule is CCOC(=O)C1=C(C)N=c2s/c(=C/c3ccc(-c4ccc(C(=O)OC(C)C)cc4C)o3)c(=O)n2[C@@H]1c1ccc(OC)c(OC)c1. The van der Waals surface area contributed by atoms with E-state index in [1.165, 1.54) is 30.1 Å². The third-order valence-corrected chi connectivity index (χ3v) is 8.19. The first-order valence-electron chi connectivity index (χ1n) is 14.4. The van der Waals surface area contributed by atoms with E-state index in [-0.39, 0.29) is 29.8 Å². The van der Waals surface area contributed by atoms with Gasteiger partial charge in [-0.2, -0.15) is 0 Å². The highest BCUT2D eigenvalue weighted by molar-refractivity contribution is 7.07. The van der Waals surface area contributed by atoms with Gasteiger partial charge in [0.15, 0.2) is 16.3 Å². The molecule has 1 atom stereocenters. The molecule has 45 heavy (non-hydrogen) atoms. The van der Waals surface area contributed by atoms with Crippen molar-refractivity contribution in [2.75, 3.05) is 20.8 Å². The van der Waals surface area contributed by atoms with Gasteiger partial charge < -0.3 is 23.4 Å². The third kappa shape index (κ3) is 6.21. The number of fused-ring (bicyclic) bond motifs is 1. The van der Waals surface area contributed by atoms with E-state index in [1.54, 1.807) is 70.2 Å². The molecule has 2 aromatic heterocycles. The molecule has 0 saturated carbocycles. The number of carbonyl (C=O) groups is 2. The number of thiazole rings is 1. The standard InChI is InChI=1S/C34H34N2O8S/c1-8-42-33(39)29-20(5)35-34-36(30(29)21-10-13-26(40-6)27(16-21)41-7)31(37)28(45-34)17-23-11-14-25(44-23)24-12-9-22(15-19(24)4)32(38)43-18(2)3/h9-18,30H,8H2,1-7H3/b28-17+/t30-/m1/s1. The Hall–Kier alpha value is -4.90. The summed E-state index contributed by atoms with van der Waals surface area (Å²) in [6, 6.07) is 13.3. The number of benzene rings is 2. The van der Waals surface area contributed by atoms with Crippen molar-refractivity contribution in [1.82, 2.24) is 4.57 Å². The zero-order valence-electron chi connectivity index (χ0n) is 26.1. The van der Waals surface area contributed by atoms with Crippen molar-refractivity contribution in [3.8, 4) is 22.8 Å². The van der Waals surface area contributed by atoms with Crippen LogP contribution < -0.4 is 24.4 Å². The van der Waals surface area contributed by atoms with E-state index >= 15 is 0 Å². The molecule has 4 aromatic rings. The molecule has 0 unspecified atom stereocenters. The number of carbonyl (C=O) groups excluding carboxylic acids is 2. The largest absolute Gasteiger partial charge is 0.493 e. The van der Waals surface area contributed by atoms with Gasteiger partial charge in [-0.1, -0.05) is 23.5 Å². The highest BCUT2D eigenvalue weighted by Gasteiger charge is 2.34. The molecule has 5 rings (SSSR count). The molecular formula is C34H34N2O8S. The zero-order chi connectivity index (χ0) is 32.4. The summed E-state index contributed by atoms with van der Waals surface area (Å²) >= 11 is 1.20. The summed E-state index contributed by atoms with van der Waals surface area (Å²) in [7, 11) is 3.06. The van der Waals surface area contributed by atoms with Crippen molar-refractivity contribution < 1.29 is 33.0 Å². The molecule has 1 aliphatic rings. The summed E-state index contributed by atoms with van der Waals surface area (Å²) in [5.41, 5.74) is 3.12. The number of aryl methyl sites for hydroxylation is 1. The Bertz CT molecular complexity index is 2000. The average molecular weight is 631 g/mol. The molecule has 2 aromatic carbocycles. The predicted molar refractivity (Wildman–Crippen MR) is 169 cm³/mol. The lowest BCUT2D eigenvalue weighted by Gasteiger charge is -2.25. The number of ether oxygens (including phenoxy) is 4. The fourth-order valence-corrected chi connectivity index (χ4v) is 6.21. The molecule has 0 fully saturated rings. The number of furan rings is 1. The number of aromatic nitrogens is 1. The van der Waals surface area contributed by atoms with Crippen LogP contribution in [0.1, 0.15) is 61.0 Å². The minimum atomic E-state index is -0.807. The smallest absolute Gasteiger partial charge is 0.338 e. The first-order valence-corrected chi connectivity index (χ1v) is 15.2. The Labute approximate surface area is 263 Å². The van der Waals surface area contributed by atoms with E-state index in [0.717, 1.165) is 11.1 Å². The van der Waals surface area contributed by atoms with Crippen LogP contribution in [0.5, 0.6) is 11.5 Å².